The highest BCUT2D eigenvalue weighted by atomic mass is 35.5. The van der Waals surface area contributed by atoms with E-state index in [0.717, 1.165) is 48.9 Å². The van der Waals surface area contributed by atoms with Gasteiger partial charge in [0, 0.05) is 11.6 Å². The highest BCUT2D eigenvalue weighted by Crippen LogP contribution is 2.30. The molecular formula is C19H23ClN2O. The van der Waals surface area contributed by atoms with Gasteiger partial charge in [-0.3, -0.25) is 0 Å². The molecule has 3 nitrogen and oxygen atoms in total. The molecule has 0 bridgehead atoms. The van der Waals surface area contributed by atoms with Crippen LogP contribution in [0.5, 0.6) is 5.75 Å². The largest absolute Gasteiger partial charge is 0.486 e. The molecule has 0 saturated heterocycles. The molecular weight excluding hydrogens is 308 g/mol. The van der Waals surface area contributed by atoms with Crippen LogP contribution in [0.3, 0.4) is 0 Å². The van der Waals surface area contributed by atoms with Gasteiger partial charge in [-0.25, -0.2) is 0 Å². The van der Waals surface area contributed by atoms with Crippen LogP contribution in [0.1, 0.15) is 24.5 Å². The maximum atomic E-state index is 5.94. The normalized spacial score (nSPS) is 16.3. The Bertz CT molecular complexity index is 642. The Morgan fingerprint density at radius 3 is 2.74 bits per heavy atom. The van der Waals surface area contributed by atoms with Crippen molar-refractivity contribution in [3.63, 3.8) is 0 Å². The zero-order valence-electron chi connectivity index (χ0n) is 13.4. The lowest BCUT2D eigenvalue weighted by molar-refractivity contribution is 0.202. The monoisotopic (exact) mass is 330 g/mol. The van der Waals surface area contributed by atoms with Crippen LogP contribution in [0.4, 0.5) is 5.69 Å². The first-order valence-corrected chi connectivity index (χ1v) is 8.61. The average molecular weight is 331 g/mol. The molecule has 2 aromatic carbocycles. The maximum Gasteiger partial charge on any atom is 0.142 e. The van der Waals surface area contributed by atoms with Gasteiger partial charge < -0.3 is 15.4 Å². The number of nitrogens with one attached hydrogen (secondary N) is 2. The summed E-state index contributed by atoms with van der Waals surface area (Å²) in [5.74, 6) is 0.973. The predicted octanol–water partition coefficient (Wildman–Crippen LogP) is 4.26. The van der Waals surface area contributed by atoms with Gasteiger partial charge in [-0.15, -0.1) is 0 Å². The SMILES string of the molecule is CCC1CNc2cc(CCNCc3ccc(Cl)cc3)ccc2O1. The van der Waals surface area contributed by atoms with Crippen LogP contribution >= 0.6 is 11.6 Å². The summed E-state index contributed by atoms with van der Waals surface area (Å²) in [5.41, 5.74) is 3.68. The number of anilines is 1. The Balaban J connectivity index is 1.48. The van der Waals surface area contributed by atoms with Gasteiger partial charge in [0.2, 0.25) is 0 Å². The van der Waals surface area contributed by atoms with Crippen molar-refractivity contribution in [3.8, 4) is 5.75 Å². The van der Waals surface area contributed by atoms with Crippen molar-refractivity contribution < 1.29 is 4.74 Å². The first kappa shape index (κ1) is 16.2. The lowest BCUT2D eigenvalue weighted by atomic mass is 10.1. The maximum absolute atomic E-state index is 5.94. The van der Waals surface area contributed by atoms with E-state index in [2.05, 4.69) is 47.9 Å². The summed E-state index contributed by atoms with van der Waals surface area (Å²) in [5, 5.41) is 7.72. The molecule has 23 heavy (non-hydrogen) atoms. The number of fused-ring (bicyclic) bond motifs is 1. The standard InChI is InChI=1S/C19H23ClN2O/c1-2-17-13-22-18-11-14(5-8-19(18)23-17)9-10-21-12-15-3-6-16(20)7-4-15/h3-8,11,17,21-22H,2,9-10,12-13H2,1H3. The average Bonchev–Trinajstić information content (AvgIpc) is 2.59. The topological polar surface area (TPSA) is 33.3 Å². The third-order valence-corrected chi connectivity index (χ3v) is 4.40. The number of hydrogen-bond acceptors (Lipinski definition) is 3. The number of ether oxygens (including phenoxy) is 1. The molecule has 0 amide bonds. The fourth-order valence-electron chi connectivity index (χ4n) is 2.71. The van der Waals surface area contributed by atoms with E-state index in [0.29, 0.717) is 0 Å². The van der Waals surface area contributed by atoms with E-state index in [4.69, 9.17) is 16.3 Å². The summed E-state index contributed by atoms with van der Waals surface area (Å²) in [4.78, 5) is 0. The number of hydrogen-bond donors (Lipinski definition) is 2. The van der Waals surface area contributed by atoms with E-state index >= 15 is 0 Å². The van der Waals surface area contributed by atoms with Crippen LogP contribution < -0.4 is 15.4 Å². The van der Waals surface area contributed by atoms with Crippen molar-refractivity contribution >= 4 is 17.3 Å². The summed E-state index contributed by atoms with van der Waals surface area (Å²) in [6.45, 7) is 4.85. The smallest absolute Gasteiger partial charge is 0.142 e. The molecule has 0 aliphatic carbocycles. The zero-order valence-corrected chi connectivity index (χ0v) is 14.2. The van der Waals surface area contributed by atoms with Crippen LogP contribution in [-0.2, 0) is 13.0 Å². The van der Waals surface area contributed by atoms with Gasteiger partial charge in [0.1, 0.15) is 11.9 Å². The molecule has 3 rings (SSSR count). The van der Waals surface area contributed by atoms with E-state index in [1.54, 1.807) is 0 Å². The van der Waals surface area contributed by atoms with Crippen LogP contribution in [0.2, 0.25) is 5.02 Å². The van der Waals surface area contributed by atoms with Crippen LogP contribution in [0, 0.1) is 0 Å². The Hall–Kier alpha value is -1.71. The van der Waals surface area contributed by atoms with Gasteiger partial charge >= 0.3 is 0 Å². The van der Waals surface area contributed by atoms with E-state index in [-0.39, 0.29) is 6.10 Å². The van der Waals surface area contributed by atoms with Crippen molar-refractivity contribution in [2.24, 2.45) is 0 Å². The van der Waals surface area contributed by atoms with E-state index in [1.807, 2.05) is 12.1 Å². The Labute approximate surface area is 143 Å². The molecule has 1 atom stereocenters. The van der Waals surface area contributed by atoms with Gasteiger partial charge in [-0.2, -0.15) is 0 Å². The molecule has 2 N–H and O–H groups in total. The summed E-state index contributed by atoms with van der Waals surface area (Å²) in [6.07, 6.45) is 2.32. The van der Waals surface area contributed by atoms with Crippen molar-refractivity contribution in [3.05, 3.63) is 58.6 Å². The molecule has 1 aliphatic rings. The van der Waals surface area contributed by atoms with E-state index in [9.17, 15) is 0 Å². The third kappa shape index (κ3) is 4.40. The molecule has 1 aliphatic heterocycles. The van der Waals surface area contributed by atoms with Crippen LogP contribution in [-0.4, -0.2) is 19.2 Å². The second-order valence-electron chi connectivity index (χ2n) is 5.91. The van der Waals surface area contributed by atoms with Gasteiger partial charge in [-0.05, 0) is 54.8 Å². The summed E-state index contributed by atoms with van der Waals surface area (Å²) in [6, 6.07) is 14.4. The van der Waals surface area contributed by atoms with Crippen LogP contribution in [0.25, 0.3) is 0 Å². The van der Waals surface area contributed by atoms with E-state index in [1.165, 1.54) is 11.1 Å². The molecule has 2 aromatic rings. The molecule has 0 spiro atoms. The molecule has 4 heteroatoms. The predicted molar refractivity (Wildman–Crippen MR) is 96.5 cm³/mol. The quantitative estimate of drug-likeness (QED) is 0.777. The lowest BCUT2D eigenvalue weighted by Crippen LogP contribution is -2.30. The fraction of sp³-hybridized carbons (Fsp3) is 0.368. The Morgan fingerprint density at radius 2 is 1.96 bits per heavy atom. The number of rotatable bonds is 6. The van der Waals surface area contributed by atoms with Crippen molar-refractivity contribution in [1.29, 1.82) is 0 Å². The summed E-state index contributed by atoms with van der Waals surface area (Å²) in [7, 11) is 0. The number of halogens is 1. The molecule has 0 fully saturated rings. The molecule has 0 aromatic heterocycles. The van der Waals surface area contributed by atoms with Crippen molar-refractivity contribution in [2.75, 3.05) is 18.4 Å². The second kappa shape index (κ2) is 7.71. The molecule has 122 valence electrons. The minimum Gasteiger partial charge on any atom is -0.486 e. The summed E-state index contributed by atoms with van der Waals surface area (Å²) < 4.78 is 5.94. The van der Waals surface area contributed by atoms with Crippen LogP contribution in [0.15, 0.2) is 42.5 Å². The lowest BCUT2D eigenvalue weighted by Gasteiger charge is -2.27. The van der Waals surface area contributed by atoms with Gasteiger partial charge in [0.15, 0.2) is 0 Å². The van der Waals surface area contributed by atoms with Gasteiger partial charge in [-0.1, -0.05) is 36.7 Å². The van der Waals surface area contributed by atoms with Gasteiger partial charge in [0.25, 0.3) is 0 Å². The minimum absolute atomic E-state index is 0.286. The minimum atomic E-state index is 0.286. The number of benzene rings is 2. The highest BCUT2D eigenvalue weighted by Gasteiger charge is 2.17. The second-order valence-corrected chi connectivity index (χ2v) is 6.35. The first-order chi connectivity index (χ1) is 11.2. The fourth-order valence-corrected chi connectivity index (χ4v) is 2.84. The van der Waals surface area contributed by atoms with E-state index < -0.39 is 0 Å². The highest BCUT2D eigenvalue weighted by molar-refractivity contribution is 6.30. The van der Waals surface area contributed by atoms with Crippen molar-refractivity contribution in [2.45, 2.75) is 32.4 Å². The molecule has 1 heterocycles. The summed E-state index contributed by atoms with van der Waals surface area (Å²) >= 11 is 5.89. The molecule has 0 radical (unpaired) electrons. The molecule has 1 unspecified atom stereocenters. The Kier molecular flexibility index (Phi) is 5.42. The first-order valence-electron chi connectivity index (χ1n) is 8.23. The molecule has 0 saturated carbocycles. The van der Waals surface area contributed by atoms with Crippen molar-refractivity contribution in [1.82, 2.24) is 5.32 Å². The Morgan fingerprint density at radius 1 is 1.17 bits per heavy atom. The van der Waals surface area contributed by atoms with Gasteiger partial charge in [0.05, 0.1) is 12.2 Å². The zero-order chi connectivity index (χ0) is 16.1. The third-order valence-electron chi connectivity index (χ3n) is 4.15.